The molecule has 1 fully saturated rings. The maximum absolute atomic E-state index is 13.5. The average molecular weight is 397 g/mol. The van der Waals surface area contributed by atoms with E-state index in [2.05, 4.69) is 21.2 Å². The van der Waals surface area contributed by atoms with Gasteiger partial charge < -0.3 is 0 Å². The molecule has 3 unspecified atom stereocenters. The van der Waals surface area contributed by atoms with Gasteiger partial charge in [0.2, 0.25) is 0 Å². The van der Waals surface area contributed by atoms with Gasteiger partial charge in [0.05, 0.1) is 0 Å². The number of nitrogens with one attached hydrogen (secondary N) is 1. The first-order chi connectivity index (χ1) is 14.0. The van der Waals surface area contributed by atoms with Crippen molar-refractivity contribution in [2.24, 2.45) is 16.7 Å². The molecule has 0 aromatic carbocycles. The van der Waals surface area contributed by atoms with Crippen molar-refractivity contribution < 1.29 is 24.2 Å². The van der Waals surface area contributed by atoms with Gasteiger partial charge >= 0.3 is 170 Å². The van der Waals surface area contributed by atoms with E-state index in [1.54, 1.807) is 24.6 Å². The Bertz CT molecular complexity index is 859. The second kappa shape index (κ2) is 9.18. The number of Topliss-reactive ketones (excluding diaryl/α,β-unsaturated/α-hetero) is 1. The molecule has 3 heterocycles. The third-order valence-corrected chi connectivity index (χ3v) is 5.96. The first kappa shape index (κ1) is 21.0. The zero-order chi connectivity index (χ0) is 20.9. The molecule has 0 aliphatic carbocycles. The van der Waals surface area contributed by atoms with Crippen molar-refractivity contribution in [2.75, 3.05) is 25.6 Å². The second-order valence-electron chi connectivity index (χ2n) is 7.50. The molecule has 2 N–H and O–H groups in total. The van der Waals surface area contributed by atoms with Crippen LogP contribution in [0.2, 0.25) is 5.82 Å². The number of esters is 1. The van der Waals surface area contributed by atoms with E-state index in [1.165, 1.54) is 14.2 Å². The fourth-order valence-corrected chi connectivity index (χ4v) is 4.36. The first-order valence-corrected chi connectivity index (χ1v) is 9.60. The molecule has 2 aliphatic heterocycles. The van der Waals surface area contributed by atoms with Crippen molar-refractivity contribution in [3.63, 3.8) is 0 Å². The van der Waals surface area contributed by atoms with Gasteiger partial charge in [0.1, 0.15) is 0 Å². The van der Waals surface area contributed by atoms with Gasteiger partial charge in [-0.2, -0.15) is 0 Å². The molecule has 1 saturated heterocycles. The number of carbonyl (C=O) groups is 2. The first-order valence-electron chi connectivity index (χ1n) is 9.60. The number of rotatable bonds is 5. The van der Waals surface area contributed by atoms with E-state index >= 15 is 0 Å². The monoisotopic (exact) mass is 397 g/mol. The Hall–Kier alpha value is -2.73. The van der Waals surface area contributed by atoms with Crippen LogP contribution in [0.3, 0.4) is 0 Å². The summed E-state index contributed by atoms with van der Waals surface area (Å²) in [4.78, 5) is 33.7. The molecule has 3 atom stereocenters. The summed E-state index contributed by atoms with van der Waals surface area (Å²) in [5, 5.41) is 12.2. The summed E-state index contributed by atoms with van der Waals surface area (Å²) in [6.07, 6.45) is 6.77. The van der Waals surface area contributed by atoms with Crippen LogP contribution in [-0.4, -0.2) is 54.8 Å². The number of aliphatic hydroxyl groups is 1. The van der Waals surface area contributed by atoms with Crippen LogP contribution in [0.15, 0.2) is 23.4 Å². The molecule has 8 nitrogen and oxygen atoms in total. The SMILES string of the molecule is COC(=O)C(B=NC#CO)CC1C(=O)c2ccncc2NC1(C)C1CCOCC1. The number of anilines is 1. The number of aliphatic hydroxyl groups excluding tert-OH is 1. The molecule has 29 heavy (non-hydrogen) atoms. The number of hydrogen-bond acceptors (Lipinski definition) is 8. The van der Waals surface area contributed by atoms with E-state index < -0.39 is 23.2 Å². The molecule has 0 spiro atoms. The molecule has 0 bridgehead atoms. The number of carbonyl (C=O) groups excluding carboxylic acids is 2. The molecule has 1 aromatic heterocycles. The van der Waals surface area contributed by atoms with Crippen molar-refractivity contribution in [2.45, 2.75) is 37.5 Å². The molecule has 0 amide bonds. The number of ether oxygens (including phenoxy) is 2. The normalized spacial score (nSPS) is 25.2. The third-order valence-electron chi connectivity index (χ3n) is 5.96. The van der Waals surface area contributed by atoms with Gasteiger partial charge in [-0.25, -0.2) is 0 Å². The van der Waals surface area contributed by atoms with Gasteiger partial charge in [0.15, 0.2) is 0 Å². The van der Waals surface area contributed by atoms with E-state index in [0.29, 0.717) is 24.5 Å². The predicted molar refractivity (Wildman–Crippen MR) is 106 cm³/mol. The van der Waals surface area contributed by atoms with Crippen LogP contribution < -0.4 is 5.32 Å². The van der Waals surface area contributed by atoms with E-state index in [1.807, 2.05) is 6.92 Å². The maximum atomic E-state index is 13.5. The Morgan fingerprint density at radius 2 is 2.31 bits per heavy atom. The van der Waals surface area contributed by atoms with Crippen molar-refractivity contribution in [1.82, 2.24) is 4.98 Å². The molecule has 152 valence electrons. The topological polar surface area (TPSA) is 110 Å². The van der Waals surface area contributed by atoms with E-state index in [9.17, 15) is 9.59 Å². The summed E-state index contributed by atoms with van der Waals surface area (Å²) in [5.74, 6) is -1.61. The van der Waals surface area contributed by atoms with Gasteiger partial charge in [-0.15, -0.1) is 0 Å². The predicted octanol–water partition coefficient (Wildman–Crippen LogP) is 2.02. The molecule has 0 radical (unpaired) electrons. The standard InChI is InChI=1S/C20H24BN3O5/c1-20(13-4-9-29-10-5-13)15(11-16(19(27)28-2)21-23-7-8-25)18(26)14-3-6-22-12-17(14)24-20/h3,6,12-13,15-16,24-25H,4-5,9-11H2,1-2H3. The molecule has 3 rings (SSSR count). The van der Waals surface area contributed by atoms with Gasteiger partial charge in [-0.3, -0.25) is 0 Å². The number of hydrogen-bond donors (Lipinski definition) is 2. The Kier molecular flexibility index (Phi) is 6.65. The average Bonchev–Trinajstić information content (AvgIpc) is 2.75. The Morgan fingerprint density at radius 3 is 3.00 bits per heavy atom. The van der Waals surface area contributed by atoms with Crippen LogP contribution in [0.25, 0.3) is 0 Å². The molecular formula is C20H24BN3O5. The van der Waals surface area contributed by atoms with E-state index in [4.69, 9.17) is 14.6 Å². The minimum absolute atomic E-state index is 0.0364. The second-order valence-corrected chi connectivity index (χ2v) is 7.50. The quantitative estimate of drug-likeness (QED) is 0.444. The van der Waals surface area contributed by atoms with Gasteiger partial charge in [-0.1, -0.05) is 0 Å². The number of methoxy groups -OCH3 is 1. The third kappa shape index (κ3) is 4.32. The zero-order valence-electron chi connectivity index (χ0n) is 16.6. The van der Waals surface area contributed by atoms with Gasteiger partial charge in [0, 0.05) is 0 Å². The Labute approximate surface area is 170 Å². The van der Waals surface area contributed by atoms with Crippen LogP contribution in [0.1, 0.15) is 36.5 Å². The molecule has 9 heteroatoms. The number of fused-ring (bicyclic) bond motifs is 1. The van der Waals surface area contributed by atoms with Crippen molar-refractivity contribution in [3.05, 3.63) is 24.0 Å². The summed E-state index contributed by atoms with van der Waals surface area (Å²) >= 11 is 0. The summed E-state index contributed by atoms with van der Waals surface area (Å²) in [6, 6.07) is 3.84. The van der Waals surface area contributed by atoms with Crippen molar-refractivity contribution >= 4 is 24.5 Å². The minimum atomic E-state index is -0.765. The van der Waals surface area contributed by atoms with Crippen LogP contribution in [-0.2, 0) is 14.3 Å². The Balaban J connectivity index is 1.99. The number of pyridine rings is 1. The number of ketones is 1. The van der Waals surface area contributed by atoms with Crippen LogP contribution in [0, 0.1) is 24.0 Å². The zero-order valence-corrected chi connectivity index (χ0v) is 16.6. The van der Waals surface area contributed by atoms with E-state index in [-0.39, 0.29) is 18.1 Å². The summed E-state index contributed by atoms with van der Waals surface area (Å²) < 4.78 is 10.4. The molecular weight excluding hydrogens is 373 g/mol. The molecule has 0 saturated carbocycles. The van der Waals surface area contributed by atoms with Crippen molar-refractivity contribution in [1.29, 1.82) is 0 Å². The summed E-state index contributed by atoms with van der Waals surface area (Å²) in [6.45, 7) is 3.30. The fraction of sp³-hybridized carbons (Fsp3) is 0.550. The van der Waals surface area contributed by atoms with Crippen LogP contribution >= 0.6 is 0 Å². The molecule has 1 aromatic rings. The van der Waals surface area contributed by atoms with Gasteiger partial charge in [0.25, 0.3) is 0 Å². The summed E-state index contributed by atoms with van der Waals surface area (Å²) in [7, 11) is 2.62. The fourth-order valence-electron chi connectivity index (χ4n) is 4.36. The van der Waals surface area contributed by atoms with Gasteiger partial charge in [-0.05, 0) is 0 Å². The summed E-state index contributed by atoms with van der Waals surface area (Å²) in [5.41, 5.74) is 0.682. The van der Waals surface area contributed by atoms with Crippen molar-refractivity contribution in [3.8, 4) is 12.2 Å². The Morgan fingerprint density at radius 1 is 1.55 bits per heavy atom. The number of aromatic nitrogens is 1. The molecule has 2 aliphatic rings. The van der Waals surface area contributed by atoms with Crippen LogP contribution in [0.4, 0.5) is 5.69 Å². The van der Waals surface area contributed by atoms with E-state index in [0.717, 1.165) is 12.8 Å². The number of nitrogens with zero attached hydrogens (tertiary/aromatic N) is 2. The van der Waals surface area contributed by atoms with Crippen LogP contribution in [0.5, 0.6) is 0 Å².